The van der Waals surface area contributed by atoms with Crippen molar-refractivity contribution in [3.8, 4) is 10.6 Å². The predicted octanol–water partition coefficient (Wildman–Crippen LogP) is 3.22. The molecule has 0 saturated carbocycles. The largest absolute Gasteiger partial charge is 0.458 e. The molecule has 0 bridgehead atoms. The number of amides is 2. The fourth-order valence-corrected chi connectivity index (χ4v) is 3.80. The Morgan fingerprint density at radius 1 is 1.14 bits per heavy atom. The van der Waals surface area contributed by atoms with Crippen LogP contribution in [0.5, 0.6) is 0 Å². The lowest BCUT2D eigenvalue weighted by Gasteiger charge is -2.25. The van der Waals surface area contributed by atoms with Gasteiger partial charge in [0.05, 0.1) is 12.1 Å². The Morgan fingerprint density at radius 2 is 1.90 bits per heavy atom. The average Bonchev–Trinajstić information content (AvgIpc) is 3.19. The van der Waals surface area contributed by atoms with Gasteiger partial charge in [-0.25, -0.2) is 9.37 Å². The number of carbonyl (C=O) groups excluding carboxylic acids is 3. The van der Waals surface area contributed by atoms with E-state index in [4.69, 9.17) is 4.74 Å². The maximum atomic E-state index is 13.0. The number of aromatic nitrogens is 1. The molecule has 2 heterocycles. The fraction of sp³-hybridized carbons (Fsp3) is 0.143. The van der Waals surface area contributed by atoms with Crippen molar-refractivity contribution in [2.24, 2.45) is 0 Å². The van der Waals surface area contributed by atoms with Crippen LogP contribution in [0.1, 0.15) is 21.6 Å². The van der Waals surface area contributed by atoms with Crippen LogP contribution in [-0.4, -0.2) is 34.2 Å². The molecule has 6 nitrogen and oxygen atoms in total. The monoisotopic (exact) mass is 410 g/mol. The van der Waals surface area contributed by atoms with E-state index in [1.807, 2.05) is 0 Å². The molecule has 1 aliphatic rings. The van der Waals surface area contributed by atoms with Crippen LogP contribution in [-0.2, 0) is 27.4 Å². The van der Waals surface area contributed by atoms with Crippen molar-refractivity contribution in [3.63, 3.8) is 0 Å². The highest BCUT2D eigenvalue weighted by molar-refractivity contribution is 7.13. The summed E-state index contributed by atoms with van der Waals surface area (Å²) in [4.78, 5) is 42.1. The van der Waals surface area contributed by atoms with Gasteiger partial charge >= 0.3 is 5.97 Å². The Labute approximate surface area is 169 Å². The van der Waals surface area contributed by atoms with Gasteiger partial charge in [-0.1, -0.05) is 18.2 Å². The zero-order valence-corrected chi connectivity index (χ0v) is 15.9. The fourth-order valence-electron chi connectivity index (χ4n) is 2.99. The molecule has 1 aromatic heterocycles. The van der Waals surface area contributed by atoms with Gasteiger partial charge in [-0.05, 0) is 35.9 Å². The molecule has 0 radical (unpaired) electrons. The number of hydrogen-bond acceptors (Lipinski definition) is 6. The van der Waals surface area contributed by atoms with Crippen LogP contribution >= 0.6 is 11.3 Å². The third kappa shape index (κ3) is 4.07. The molecule has 3 aromatic rings. The van der Waals surface area contributed by atoms with Crippen LogP contribution < -0.4 is 0 Å². The Kier molecular flexibility index (Phi) is 5.18. The molecule has 0 saturated heterocycles. The van der Waals surface area contributed by atoms with E-state index < -0.39 is 24.3 Å². The molecule has 0 aliphatic carbocycles. The van der Waals surface area contributed by atoms with E-state index in [2.05, 4.69) is 4.98 Å². The minimum Gasteiger partial charge on any atom is -0.458 e. The van der Waals surface area contributed by atoms with Gasteiger partial charge in [0.25, 0.3) is 5.91 Å². The zero-order chi connectivity index (χ0) is 20.4. The number of halogens is 1. The summed E-state index contributed by atoms with van der Waals surface area (Å²) in [5.74, 6) is -1.95. The van der Waals surface area contributed by atoms with Gasteiger partial charge in [0.2, 0.25) is 5.91 Å². The SMILES string of the molecule is O=C(CN1C(=O)Cc2ccccc2C1=O)OCc1csc(-c2ccc(F)cc2)n1. The number of carbonyl (C=O) groups is 3. The Bertz CT molecular complexity index is 1090. The first kappa shape index (κ1) is 18.9. The molecule has 0 N–H and O–H groups in total. The van der Waals surface area contributed by atoms with E-state index in [-0.39, 0.29) is 18.8 Å². The number of rotatable bonds is 5. The van der Waals surface area contributed by atoms with Crippen molar-refractivity contribution in [1.29, 1.82) is 0 Å². The van der Waals surface area contributed by atoms with Crippen LogP contribution in [0, 0.1) is 5.82 Å². The number of ether oxygens (including phenoxy) is 1. The highest BCUT2D eigenvalue weighted by Crippen LogP contribution is 2.24. The van der Waals surface area contributed by atoms with Crippen LogP contribution in [0.2, 0.25) is 0 Å². The molecular formula is C21H15FN2O4S. The summed E-state index contributed by atoms with van der Waals surface area (Å²) in [6.07, 6.45) is 0.0717. The summed E-state index contributed by atoms with van der Waals surface area (Å²) in [5.41, 5.74) is 2.37. The summed E-state index contributed by atoms with van der Waals surface area (Å²) >= 11 is 1.35. The van der Waals surface area contributed by atoms with Crippen molar-refractivity contribution in [3.05, 3.63) is 76.5 Å². The number of imide groups is 1. The van der Waals surface area contributed by atoms with E-state index in [9.17, 15) is 18.8 Å². The molecule has 0 fully saturated rings. The normalized spacial score (nSPS) is 13.3. The van der Waals surface area contributed by atoms with Crippen molar-refractivity contribution in [2.45, 2.75) is 13.0 Å². The maximum absolute atomic E-state index is 13.0. The number of hydrogen-bond donors (Lipinski definition) is 0. The Morgan fingerprint density at radius 3 is 2.69 bits per heavy atom. The molecule has 2 aromatic carbocycles. The second-order valence-electron chi connectivity index (χ2n) is 6.43. The lowest BCUT2D eigenvalue weighted by Crippen LogP contribution is -2.45. The molecule has 1 aliphatic heterocycles. The minimum absolute atomic E-state index is 0.0717. The van der Waals surface area contributed by atoms with E-state index in [0.29, 0.717) is 21.8 Å². The van der Waals surface area contributed by atoms with Gasteiger partial charge in [0.15, 0.2) is 0 Å². The van der Waals surface area contributed by atoms with E-state index in [1.165, 1.54) is 23.5 Å². The van der Waals surface area contributed by atoms with E-state index >= 15 is 0 Å². The lowest BCUT2D eigenvalue weighted by molar-refractivity contribution is -0.149. The van der Waals surface area contributed by atoms with Crippen LogP contribution in [0.4, 0.5) is 4.39 Å². The lowest BCUT2D eigenvalue weighted by atomic mass is 9.98. The second kappa shape index (κ2) is 7.92. The summed E-state index contributed by atoms with van der Waals surface area (Å²) in [7, 11) is 0. The third-order valence-electron chi connectivity index (χ3n) is 4.45. The zero-order valence-electron chi connectivity index (χ0n) is 15.1. The van der Waals surface area contributed by atoms with Crippen LogP contribution in [0.15, 0.2) is 53.9 Å². The van der Waals surface area contributed by atoms with Gasteiger partial charge in [0, 0.05) is 16.5 Å². The summed E-state index contributed by atoms with van der Waals surface area (Å²) in [5, 5.41) is 2.41. The summed E-state index contributed by atoms with van der Waals surface area (Å²) in [6, 6.07) is 12.8. The number of benzene rings is 2. The summed E-state index contributed by atoms with van der Waals surface area (Å²) in [6.45, 7) is -0.524. The number of esters is 1. The molecular weight excluding hydrogens is 395 g/mol. The predicted molar refractivity (Wildman–Crippen MR) is 103 cm³/mol. The van der Waals surface area contributed by atoms with Gasteiger partial charge < -0.3 is 4.74 Å². The van der Waals surface area contributed by atoms with Crippen LogP contribution in [0.25, 0.3) is 10.6 Å². The topological polar surface area (TPSA) is 76.6 Å². The van der Waals surface area contributed by atoms with Crippen molar-refractivity contribution in [2.75, 3.05) is 6.54 Å². The molecule has 146 valence electrons. The highest BCUT2D eigenvalue weighted by atomic mass is 32.1. The third-order valence-corrected chi connectivity index (χ3v) is 5.39. The van der Waals surface area contributed by atoms with Gasteiger partial charge in [-0.2, -0.15) is 0 Å². The van der Waals surface area contributed by atoms with Gasteiger partial charge in [-0.15, -0.1) is 11.3 Å². The molecule has 0 unspecified atom stereocenters. The highest BCUT2D eigenvalue weighted by Gasteiger charge is 2.32. The number of fused-ring (bicyclic) bond motifs is 1. The molecule has 0 spiro atoms. The maximum Gasteiger partial charge on any atom is 0.326 e. The standard InChI is InChI=1S/C21H15FN2O4S/c22-15-7-5-13(6-8-15)20-23-16(12-29-20)11-28-19(26)10-24-18(25)9-14-3-1-2-4-17(14)21(24)27/h1-8,12H,9-11H2. The second-order valence-corrected chi connectivity index (χ2v) is 7.29. The molecule has 2 amide bonds. The van der Waals surface area contributed by atoms with Crippen molar-refractivity contribution >= 4 is 29.1 Å². The molecule has 29 heavy (non-hydrogen) atoms. The molecule has 8 heteroatoms. The quantitative estimate of drug-likeness (QED) is 0.477. The number of nitrogens with zero attached hydrogens (tertiary/aromatic N) is 2. The summed E-state index contributed by atoms with van der Waals surface area (Å²) < 4.78 is 18.2. The smallest absolute Gasteiger partial charge is 0.326 e. The van der Waals surface area contributed by atoms with E-state index in [0.717, 1.165) is 10.5 Å². The number of thiazole rings is 1. The molecule has 4 rings (SSSR count). The molecule has 0 atom stereocenters. The average molecular weight is 410 g/mol. The van der Waals surface area contributed by atoms with E-state index in [1.54, 1.807) is 41.8 Å². The Balaban J connectivity index is 1.37. The van der Waals surface area contributed by atoms with Crippen LogP contribution in [0.3, 0.4) is 0 Å². The van der Waals surface area contributed by atoms with Crippen molar-refractivity contribution in [1.82, 2.24) is 9.88 Å². The first-order valence-corrected chi connectivity index (χ1v) is 9.68. The Hall–Kier alpha value is -3.39. The van der Waals surface area contributed by atoms with Crippen molar-refractivity contribution < 1.29 is 23.5 Å². The first-order chi connectivity index (χ1) is 14.0. The first-order valence-electron chi connectivity index (χ1n) is 8.80. The van der Waals surface area contributed by atoms with Gasteiger partial charge in [-0.3, -0.25) is 19.3 Å². The van der Waals surface area contributed by atoms with Gasteiger partial charge in [0.1, 0.15) is 24.0 Å². The minimum atomic E-state index is -0.692.